The quantitative estimate of drug-likeness (QED) is 0.378. The molecular weight excluding hydrogens is 340 g/mol. The largest absolute Gasteiger partial charge is 0.497 e. The number of rotatable bonds is 6. The van der Waals surface area contributed by atoms with Crippen molar-refractivity contribution in [2.75, 3.05) is 7.11 Å². The monoisotopic (exact) mass is 354 g/mol. The lowest BCUT2D eigenvalue weighted by Crippen LogP contribution is -2.05. The Hall–Kier alpha value is -3.68. The van der Waals surface area contributed by atoms with Gasteiger partial charge in [0.15, 0.2) is 5.76 Å². The summed E-state index contributed by atoms with van der Waals surface area (Å²) in [5.41, 5.74) is 1.38. The molecule has 0 aliphatic rings. The maximum atomic E-state index is 12.0. The standard InChI is InChI=1S/C18H14N2O6/c1-24-16-8-4-12(5-9-16)17-10-14(19-26-17)11-25-18(21)13-2-6-15(7-3-13)20(22)23/h2-10H,11H2,1H3. The van der Waals surface area contributed by atoms with Gasteiger partial charge in [0.2, 0.25) is 0 Å². The zero-order valence-corrected chi connectivity index (χ0v) is 13.7. The molecule has 0 aliphatic carbocycles. The van der Waals surface area contributed by atoms with E-state index >= 15 is 0 Å². The van der Waals surface area contributed by atoms with Crippen molar-refractivity contribution in [2.24, 2.45) is 0 Å². The van der Waals surface area contributed by atoms with Crippen LogP contribution < -0.4 is 4.74 Å². The minimum absolute atomic E-state index is 0.0739. The molecule has 8 heteroatoms. The number of carbonyl (C=O) groups is 1. The molecule has 0 saturated heterocycles. The van der Waals surface area contributed by atoms with Crippen LogP contribution in [0.5, 0.6) is 5.75 Å². The molecule has 1 aromatic heterocycles. The number of esters is 1. The number of benzene rings is 2. The van der Waals surface area contributed by atoms with Gasteiger partial charge in [-0.25, -0.2) is 4.79 Å². The van der Waals surface area contributed by atoms with E-state index in [1.165, 1.54) is 24.3 Å². The molecule has 0 N–H and O–H groups in total. The lowest BCUT2D eigenvalue weighted by atomic mass is 10.1. The van der Waals surface area contributed by atoms with E-state index in [0.29, 0.717) is 11.5 Å². The average Bonchev–Trinajstić information content (AvgIpc) is 3.15. The number of ether oxygens (including phenoxy) is 2. The van der Waals surface area contributed by atoms with Crippen LogP contribution in [0.1, 0.15) is 16.1 Å². The molecule has 0 radical (unpaired) electrons. The van der Waals surface area contributed by atoms with Crippen molar-refractivity contribution >= 4 is 11.7 Å². The Kier molecular flexibility index (Phi) is 4.93. The predicted octanol–water partition coefficient (Wildman–Crippen LogP) is 3.62. The summed E-state index contributed by atoms with van der Waals surface area (Å²) in [5.74, 6) is 0.661. The van der Waals surface area contributed by atoms with Crippen molar-refractivity contribution in [3.05, 3.63) is 76.0 Å². The minimum Gasteiger partial charge on any atom is -0.497 e. The third-order valence-corrected chi connectivity index (χ3v) is 3.60. The normalized spacial score (nSPS) is 10.3. The number of methoxy groups -OCH3 is 1. The first-order valence-electron chi connectivity index (χ1n) is 7.58. The van der Waals surface area contributed by atoms with Crippen molar-refractivity contribution in [3.8, 4) is 17.1 Å². The third kappa shape index (κ3) is 3.86. The lowest BCUT2D eigenvalue weighted by molar-refractivity contribution is -0.384. The van der Waals surface area contributed by atoms with E-state index < -0.39 is 10.9 Å². The highest BCUT2D eigenvalue weighted by Crippen LogP contribution is 2.23. The SMILES string of the molecule is COc1ccc(-c2cc(COC(=O)c3ccc([N+](=O)[O-])cc3)no2)cc1. The van der Waals surface area contributed by atoms with E-state index in [2.05, 4.69) is 5.16 Å². The number of hydrogen-bond acceptors (Lipinski definition) is 7. The molecule has 2 aromatic carbocycles. The van der Waals surface area contributed by atoms with E-state index in [-0.39, 0.29) is 17.9 Å². The number of carbonyl (C=O) groups excluding carboxylic acids is 1. The Labute approximate surface area is 148 Å². The second-order valence-electron chi connectivity index (χ2n) is 5.29. The number of nitro groups is 1. The smallest absolute Gasteiger partial charge is 0.338 e. The average molecular weight is 354 g/mol. The molecule has 1 heterocycles. The van der Waals surface area contributed by atoms with Gasteiger partial charge in [-0.1, -0.05) is 5.16 Å². The van der Waals surface area contributed by atoms with Crippen molar-refractivity contribution in [2.45, 2.75) is 6.61 Å². The van der Waals surface area contributed by atoms with Crippen LogP contribution in [0.3, 0.4) is 0 Å². The van der Waals surface area contributed by atoms with Crippen LogP contribution in [0.15, 0.2) is 59.1 Å². The van der Waals surface area contributed by atoms with Crippen molar-refractivity contribution in [1.82, 2.24) is 5.16 Å². The third-order valence-electron chi connectivity index (χ3n) is 3.60. The van der Waals surface area contributed by atoms with Gasteiger partial charge in [0.25, 0.3) is 5.69 Å². The molecule has 0 aliphatic heterocycles. The van der Waals surface area contributed by atoms with Crippen molar-refractivity contribution in [1.29, 1.82) is 0 Å². The molecule has 0 saturated carbocycles. The van der Waals surface area contributed by atoms with Crippen molar-refractivity contribution in [3.63, 3.8) is 0 Å². The molecule has 0 bridgehead atoms. The van der Waals surface area contributed by atoms with Gasteiger partial charge in [-0.3, -0.25) is 10.1 Å². The van der Waals surface area contributed by atoms with Gasteiger partial charge in [0.1, 0.15) is 18.1 Å². The first-order valence-corrected chi connectivity index (χ1v) is 7.58. The molecule has 26 heavy (non-hydrogen) atoms. The van der Waals surface area contributed by atoms with Gasteiger partial charge in [-0.15, -0.1) is 0 Å². The Balaban J connectivity index is 1.62. The maximum absolute atomic E-state index is 12.0. The summed E-state index contributed by atoms with van der Waals surface area (Å²) in [6, 6.07) is 14.1. The van der Waals surface area contributed by atoms with E-state index in [4.69, 9.17) is 14.0 Å². The molecule has 0 amide bonds. The van der Waals surface area contributed by atoms with E-state index in [1.54, 1.807) is 25.3 Å². The summed E-state index contributed by atoms with van der Waals surface area (Å²) in [5, 5.41) is 14.5. The summed E-state index contributed by atoms with van der Waals surface area (Å²) >= 11 is 0. The van der Waals surface area contributed by atoms with Crippen LogP contribution in [-0.4, -0.2) is 23.2 Å². The van der Waals surface area contributed by atoms with Gasteiger partial charge < -0.3 is 14.0 Å². The Morgan fingerprint density at radius 1 is 1.15 bits per heavy atom. The highest BCUT2D eigenvalue weighted by atomic mass is 16.6. The zero-order valence-electron chi connectivity index (χ0n) is 13.7. The molecule has 3 rings (SSSR count). The van der Waals surface area contributed by atoms with E-state index in [9.17, 15) is 14.9 Å². The summed E-state index contributed by atoms with van der Waals surface area (Å²) in [6.07, 6.45) is 0. The van der Waals surface area contributed by atoms with Gasteiger partial charge in [0.05, 0.1) is 17.6 Å². The molecule has 132 valence electrons. The van der Waals surface area contributed by atoms with Gasteiger partial charge in [-0.05, 0) is 36.4 Å². The number of nitro benzene ring substituents is 1. The Bertz CT molecular complexity index is 916. The second-order valence-corrected chi connectivity index (χ2v) is 5.29. The summed E-state index contributed by atoms with van der Waals surface area (Å²) < 4.78 is 15.5. The summed E-state index contributed by atoms with van der Waals surface area (Å²) in [4.78, 5) is 22.1. The fourth-order valence-corrected chi connectivity index (χ4v) is 2.21. The summed E-state index contributed by atoms with van der Waals surface area (Å²) in [7, 11) is 1.58. The van der Waals surface area contributed by atoms with E-state index in [1.807, 2.05) is 12.1 Å². The fourth-order valence-electron chi connectivity index (χ4n) is 2.21. The number of aromatic nitrogens is 1. The topological polar surface area (TPSA) is 105 Å². The maximum Gasteiger partial charge on any atom is 0.338 e. The summed E-state index contributed by atoms with van der Waals surface area (Å²) in [6.45, 7) is -0.0739. The first kappa shape index (κ1) is 17.2. The lowest BCUT2D eigenvalue weighted by Gasteiger charge is -2.02. The second kappa shape index (κ2) is 7.47. The van der Waals surface area contributed by atoms with Crippen LogP contribution in [0, 0.1) is 10.1 Å². The van der Waals surface area contributed by atoms with Gasteiger partial charge in [-0.2, -0.15) is 0 Å². The Morgan fingerprint density at radius 3 is 2.46 bits per heavy atom. The van der Waals surface area contributed by atoms with Crippen LogP contribution in [0.4, 0.5) is 5.69 Å². The molecule has 8 nitrogen and oxygen atoms in total. The van der Waals surface area contributed by atoms with E-state index in [0.717, 1.165) is 11.3 Å². The molecule has 0 spiro atoms. The minimum atomic E-state index is -0.603. The van der Waals surface area contributed by atoms with Crippen LogP contribution in [-0.2, 0) is 11.3 Å². The first-order chi connectivity index (χ1) is 12.6. The molecular formula is C18H14N2O6. The predicted molar refractivity (Wildman–Crippen MR) is 90.7 cm³/mol. The van der Waals surface area contributed by atoms with Gasteiger partial charge >= 0.3 is 5.97 Å². The number of nitrogens with zero attached hydrogens (tertiary/aromatic N) is 2. The van der Waals surface area contributed by atoms with Crippen LogP contribution in [0.2, 0.25) is 0 Å². The van der Waals surface area contributed by atoms with Gasteiger partial charge in [0, 0.05) is 23.8 Å². The number of non-ortho nitro benzene ring substituents is 1. The molecule has 0 unspecified atom stereocenters. The molecule has 0 atom stereocenters. The zero-order chi connectivity index (χ0) is 18.5. The highest BCUT2D eigenvalue weighted by molar-refractivity contribution is 5.89. The fraction of sp³-hybridized carbons (Fsp3) is 0.111. The number of hydrogen-bond donors (Lipinski definition) is 0. The van der Waals surface area contributed by atoms with Crippen LogP contribution >= 0.6 is 0 Å². The highest BCUT2D eigenvalue weighted by Gasteiger charge is 2.13. The Morgan fingerprint density at radius 2 is 1.85 bits per heavy atom. The molecule has 3 aromatic rings. The van der Waals surface area contributed by atoms with Crippen LogP contribution in [0.25, 0.3) is 11.3 Å². The molecule has 0 fully saturated rings. The van der Waals surface area contributed by atoms with Crippen molar-refractivity contribution < 1.29 is 23.7 Å².